The fourth-order valence-electron chi connectivity index (χ4n) is 8.39. The standard InChI is InChI=1S/C52H34N4/c1-4-17-35(18-5-1)46-33-47(54-52(53-46)36-19-6-2-7-20-36)41-26-11-10-25-40(41)37-21-16-24-39(31-37)56-49-30-15-13-28-43(49)45-32-44-42-27-12-14-29-48(42)55(50(44)34-51(45)56)38-22-8-3-9-23-38/h1-34H. The zero-order valence-electron chi connectivity index (χ0n) is 30.4. The van der Waals surface area contributed by atoms with Gasteiger partial charge in [-0.1, -0.05) is 152 Å². The Bertz CT molecular complexity index is 3170. The first-order valence-corrected chi connectivity index (χ1v) is 19.0. The lowest BCUT2D eigenvalue weighted by atomic mass is 9.96. The summed E-state index contributed by atoms with van der Waals surface area (Å²) in [6, 6.07) is 73.2. The smallest absolute Gasteiger partial charge is 0.160 e. The Morgan fingerprint density at radius 2 is 0.786 bits per heavy atom. The van der Waals surface area contributed by atoms with Gasteiger partial charge >= 0.3 is 0 Å². The maximum atomic E-state index is 5.20. The second-order valence-corrected chi connectivity index (χ2v) is 14.2. The van der Waals surface area contributed by atoms with Crippen LogP contribution >= 0.6 is 0 Å². The SMILES string of the molecule is c1ccc(-c2cc(-c3ccccc3-c3cccc(-n4c5ccccc5c5cc6c7ccccc7n(-c7ccccc7)c6cc54)c3)nc(-c3ccccc3)n2)cc1. The molecule has 262 valence electrons. The molecule has 4 heteroatoms. The summed E-state index contributed by atoms with van der Waals surface area (Å²) in [7, 11) is 0. The highest BCUT2D eigenvalue weighted by Gasteiger charge is 2.19. The molecule has 8 aromatic carbocycles. The van der Waals surface area contributed by atoms with E-state index in [1.54, 1.807) is 0 Å². The van der Waals surface area contributed by atoms with E-state index in [1.165, 1.54) is 43.6 Å². The largest absolute Gasteiger partial charge is 0.309 e. The lowest BCUT2D eigenvalue weighted by molar-refractivity contribution is 1.16. The molecule has 0 amide bonds. The van der Waals surface area contributed by atoms with Gasteiger partial charge in [-0.2, -0.15) is 0 Å². The summed E-state index contributed by atoms with van der Waals surface area (Å²) in [5.74, 6) is 0.704. The third-order valence-electron chi connectivity index (χ3n) is 10.9. The van der Waals surface area contributed by atoms with E-state index in [2.05, 4.69) is 191 Å². The van der Waals surface area contributed by atoms with Gasteiger partial charge in [0.15, 0.2) is 5.82 Å². The van der Waals surface area contributed by atoms with E-state index >= 15 is 0 Å². The molecular weight excluding hydrogens is 681 g/mol. The van der Waals surface area contributed by atoms with E-state index in [-0.39, 0.29) is 0 Å². The van der Waals surface area contributed by atoms with Crippen LogP contribution in [0.15, 0.2) is 206 Å². The van der Waals surface area contributed by atoms with Crippen molar-refractivity contribution in [2.45, 2.75) is 0 Å². The summed E-state index contributed by atoms with van der Waals surface area (Å²) in [4.78, 5) is 10.3. The van der Waals surface area contributed by atoms with E-state index in [0.717, 1.165) is 50.6 Å². The molecular formula is C52H34N4. The number of benzene rings is 8. The van der Waals surface area contributed by atoms with Gasteiger partial charge in [-0.05, 0) is 65.7 Å². The van der Waals surface area contributed by atoms with Crippen LogP contribution < -0.4 is 0 Å². The minimum absolute atomic E-state index is 0.704. The second kappa shape index (κ2) is 13.1. The van der Waals surface area contributed by atoms with Crippen molar-refractivity contribution in [2.75, 3.05) is 0 Å². The molecule has 56 heavy (non-hydrogen) atoms. The second-order valence-electron chi connectivity index (χ2n) is 14.2. The van der Waals surface area contributed by atoms with E-state index in [1.807, 2.05) is 24.3 Å². The van der Waals surface area contributed by atoms with Crippen LogP contribution in [-0.4, -0.2) is 19.1 Å². The fourth-order valence-corrected chi connectivity index (χ4v) is 8.39. The Morgan fingerprint density at radius 1 is 0.286 bits per heavy atom. The van der Waals surface area contributed by atoms with E-state index in [4.69, 9.17) is 9.97 Å². The quantitative estimate of drug-likeness (QED) is 0.172. The van der Waals surface area contributed by atoms with Gasteiger partial charge in [0.1, 0.15) is 0 Å². The Balaban J connectivity index is 1.12. The Labute approximate surface area is 324 Å². The molecule has 3 heterocycles. The first-order chi connectivity index (χ1) is 27.8. The molecule has 0 radical (unpaired) electrons. The minimum atomic E-state index is 0.704. The summed E-state index contributed by atoms with van der Waals surface area (Å²) in [5.41, 5.74) is 14.1. The first kappa shape index (κ1) is 31.9. The van der Waals surface area contributed by atoms with Crippen molar-refractivity contribution in [3.8, 4) is 56.4 Å². The van der Waals surface area contributed by atoms with E-state index in [0.29, 0.717) is 5.82 Å². The number of para-hydroxylation sites is 3. The van der Waals surface area contributed by atoms with Crippen molar-refractivity contribution < 1.29 is 0 Å². The van der Waals surface area contributed by atoms with Crippen LogP contribution in [0.2, 0.25) is 0 Å². The van der Waals surface area contributed by atoms with Gasteiger partial charge < -0.3 is 9.13 Å². The van der Waals surface area contributed by atoms with Crippen LogP contribution in [0.1, 0.15) is 0 Å². The van der Waals surface area contributed by atoms with E-state index < -0.39 is 0 Å². The highest BCUT2D eigenvalue weighted by Crippen LogP contribution is 2.41. The van der Waals surface area contributed by atoms with Crippen molar-refractivity contribution in [3.63, 3.8) is 0 Å². The molecule has 0 fully saturated rings. The van der Waals surface area contributed by atoms with Crippen LogP contribution in [0.4, 0.5) is 0 Å². The molecule has 0 saturated carbocycles. The molecule has 0 aliphatic carbocycles. The summed E-state index contributed by atoms with van der Waals surface area (Å²) < 4.78 is 4.82. The molecule has 3 aromatic heterocycles. The Hall–Kier alpha value is -7.56. The minimum Gasteiger partial charge on any atom is -0.309 e. The number of fused-ring (bicyclic) bond motifs is 6. The maximum absolute atomic E-state index is 5.20. The zero-order valence-corrected chi connectivity index (χ0v) is 30.4. The summed E-state index contributed by atoms with van der Waals surface area (Å²) >= 11 is 0. The van der Waals surface area contributed by atoms with Crippen molar-refractivity contribution in [1.82, 2.24) is 19.1 Å². The molecule has 0 bridgehead atoms. The van der Waals surface area contributed by atoms with Crippen LogP contribution in [0, 0.1) is 0 Å². The summed E-state index contributed by atoms with van der Waals surface area (Å²) in [6.07, 6.45) is 0. The van der Waals surface area contributed by atoms with Crippen molar-refractivity contribution in [2.24, 2.45) is 0 Å². The zero-order chi connectivity index (χ0) is 37.0. The van der Waals surface area contributed by atoms with Crippen molar-refractivity contribution in [3.05, 3.63) is 206 Å². The highest BCUT2D eigenvalue weighted by molar-refractivity contribution is 6.19. The van der Waals surface area contributed by atoms with Gasteiger partial charge in [-0.15, -0.1) is 0 Å². The first-order valence-electron chi connectivity index (χ1n) is 19.0. The number of nitrogens with zero attached hydrogens (tertiary/aromatic N) is 4. The maximum Gasteiger partial charge on any atom is 0.160 e. The predicted molar refractivity (Wildman–Crippen MR) is 232 cm³/mol. The molecule has 0 saturated heterocycles. The number of hydrogen-bond acceptors (Lipinski definition) is 2. The third kappa shape index (κ3) is 5.23. The third-order valence-corrected chi connectivity index (χ3v) is 10.9. The Morgan fingerprint density at radius 3 is 1.46 bits per heavy atom. The van der Waals surface area contributed by atoms with Crippen molar-refractivity contribution >= 4 is 43.6 Å². The van der Waals surface area contributed by atoms with Crippen LogP contribution in [-0.2, 0) is 0 Å². The van der Waals surface area contributed by atoms with Gasteiger partial charge in [-0.25, -0.2) is 9.97 Å². The molecule has 0 aliphatic rings. The monoisotopic (exact) mass is 714 g/mol. The van der Waals surface area contributed by atoms with Gasteiger partial charge in [0.2, 0.25) is 0 Å². The molecule has 0 aliphatic heterocycles. The number of hydrogen-bond donors (Lipinski definition) is 0. The summed E-state index contributed by atoms with van der Waals surface area (Å²) in [6.45, 7) is 0. The van der Waals surface area contributed by atoms with Gasteiger partial charge in [0.05, 0.1) is 33.5 Å². The highest BCUT2D eigenvalue weighted by atomic mass is 15.0. The van der Waals surface area contributed by atoms with Crippen molar-refractivity contribution in [1.29, 1.82) is 0 Å². The van der Waals surface area contributed by atoms with Gasteiger partial charge in [0.25, 0.3) is 0 Å². The lowest BCUT2D eigenvalue weighted by Crippen LogP contribution is -1.98. The molecule has 0 N–H and O–H groups in total. The average Bonchev–Trinajstić information content (AvgIpc) is 3.78. The molecule has 0 spiro atoms. The molecule has 4 nitrogen and oxygen atoms in total. The summed E-state index contributed by atoms with van der Waals surface area (Å²) in [5, 5.41) is 4.96. The predicted octanol–water partition coefficient (Wildman–Crippen LogP) is 13.3. The van der Waals surface area contributed by atoms with Crippen LogP contribution in [0.3, 0.4) is 0 Å². The van der Waals surface area contributed by atoms with Gasteiger partial charge in [-0.3, -0.25) is 0 Å². The molecule has 0 atom stereocenters. The normalized spacial score (nSPS) is 11.6. The van der Waals surface area contributed by atoms with Crippen LogP contribution in [0.5, 0.6) is 0 Å². The van der Waals surface area contributed by atoms with Crippen LogP contribution in [0.25, 0.3) is 100 Å². The van der Waals surface area contributed by atoms with Gasteiger partial charge in [0, 0.05) is 49.6 Å². The topological polar surface area (TPSA) is 35.6 Å². The number of rotatable bonds is 6. The molecule has 11 rings (SSSR count). The van der Waals surface area contributed by atoms with E-state index in [9.17, 15) is 0 Å². The molecule has 11 aromatic rings. The lowest BCUT2D eigenvalue weighted by Gasteiger charge is -2.15. The molecule has 0 unspecified atom stereocenters. The fraction of sp³-hybridized carbons (Fsp3) is 0. The Kier molecular flexibility index (Phi) is 7.46. The average molecular weight is 715 g/mol. The number of aromatic nitrogens is 4.